The normalized spacial score (nSPS) is 16.7. The molecule has 0 radical (unpaired) electrons. The number of hydrogen-bond acceptors (Lipinski definition) is 5. The molecule has 25 heavy (non-hydrogen) atoms. The summed E-state index contributed by atoms with van der Waals surface area (Å²) in [5, 5.41) is 0. The lowest BCUT2D eigenvalue weighted by Gasteiger charge is -2.37. The maximum Gasteiger partial charge on any atom is 0.419 e. The van der Waals surface area contributed by atoms with E-state index in [1.54, 1.807) is 16.8 Å². The summed E-state index contributed by atoms with van der Waals surface area (Å²) in [6, 6.07) is 0.0513. The van der Waals surface area contributed by atoms with E-state index in [2.05, 4.69) is 9.97 Å². The average molecular weight is 360 g/mol. The second-order valence-corrected chi connectivity index (χ2v) is 7.08. The van der Waals surface area contributed by atoms with Crippen LogP contribution in [0.3, 0.4) is 0 Å². The summed E-state index contributed by atoms with van der Waals surface area (Å²) >= 11 is 0. The molecule has 0 N–H and O–H groups in total. The number of likely N-dealkylation sites (tertiary alicyclic amines) is 1. The maximum atomic E-state index is 12.6. The molecule has 1 aromatic rings. The van der Waals surface area contributed by atoms with Crippen molar-refractivity contribution in [3.63, 3.8) is 0 Å². The fraction of sp³-hybridized carbons (Fsp3) is 0.688. The van der Waals surface area contributed by atoms with Gasteiger partial charge in [0.1, 0.15) is 5.60 Å². The van der Waals surface area contributed by atoms with E-state index in [0.29, 0.717) is 25.9 Å². The van der Waals surface area contributed by atoms with Gasteiger partial charge in [0.15, 0.2) is 0 Å². The summed E-state index contributed by atoms with van der Waals surface area (Å²) in [7, 11) is 1.75. The van der Waals surface area contributed by atoms with E-state index >= 15 is 0 Å². The van der Waals surface area contributed by atoms with Crippen LogP contribution in [0.15, 0.2) is 12.4 Å². The van der Waals surface area contributed by atoms with E-state index < -0.39 is 17.3 Å². The molecule has 0 atom stereocenters. The number of alkyl halides is 3. The van der Waals surface area contributed by atoms with E-state index in [4.69, 9.17) is 4.74 Å². The maximum absolute atomic E-state index is 12.6. The Bertz CT molecular complexity index is 591. The van der Waals surface area contributed by atoms with Gasteiger partial charge >= 0.3 is 12.3 Å². The van der Waals surface area contributed by atoms with Crippen molar-refractivity contribution in [2.45, 2.75) is 51.4 Å². The highest BCUT2D eigenvalue weighted by Crippen LogP contribution is 2.29. The molecule has 2 rings (SSSR count). The first-order valence-electron chi connectivity index (χ1n) is 8.07. The van der Waals surface area contributed by atoms with Gasteiger partial charge in [-0.1, -0.05) is 0 Å². The van der Waals surface area contributed by atoms with E-state index in [0.717, 1.165) is 12.4 Å². The van der Waals surface area contributed by atoms with Gasteiger partial charge in [-0.05, 0) is 33.6 Å². The molecule has 0 aromatic carbocycles. The number of amides is 1. The number of halogens is 3. The SMILES string of the molecule is CN(c1ncc(C(F)(F)F)cn1)C1CCN(C(=O)OC(C)(C)C)CC1. The van der Waals surface area contributed by atoms with Crippen molar-refractivity contribution < 1.29 is 22.7 Å². The molecule has 1 aliphatic rings. The van der Waals surface area contributed by atoms with E-state index in [-0.39, 0.29) is 18.1 Å². The molecule has 0 saturated carbocycles. The summed E-state index contributed by atoms with van der Waals surface area (Å²) in [6.07, 6.45) is -1.89. The van der Waals surface area contributed by atoms with Crippen molar-refractivity contribution >= 4 is 12.0 Å². The molecule has 0 spiro atoms. The molecule has 1 fully saturated rings. The smallest absolute Gasteiger partial charge is 0.419 e. The molecule has 2 heterocycles. The molecule has 9 heteroatoms. The summed E-state index contributed by atoms with van der Waals surface area (Å²) in [6.45, 7) is 6.48. The number of carbonyl (C=O) groups excluding carboxylic acids is 1. The summed E-state index contributed by atoms with van der Waals surface area (Å²) in [5.41, 5.74) is -1.41. The highest BCUT2D eigenvalue weighted by molar-refractivity contribution is 5.68. The Hall–Kier alpha value is -2.06. The van der Waals surface area contributed by atoms with E-state index in [1.165, 1.54) is 0 Å². The fourth-order valence-corrected chi connectivity index (χ4v) is 2.58. The summed E-state index contributed by atoms with van der Waals surface area (Å²) in [5.74, 6) is 0.240. The zero-order valence-corrected chi connectivity index (χ0v) is 14.8. The van der Waals surface area contributed by atoms with Gasteiger partial charge in [0.25, 0.3) is 0 Å². The van der Waals surface area contributed by atoms with Crippen molar-refractivity contribution in [2.75, 3.05) is 25.0 Å². The van der Waals surface area contributed by atoms with Crippen LogP contribution in [0.25, 0.3) is 0 Å². The molecule has 140 valence electrons. The zero-order valence-electron chi connectivity index (χ0n) is 14.8. The zero-order chi connectivity index (χ0) is 18.8. The molecule has 6 nitrogen and oxygen atoms in total. The van der Waals surface area contributed by atoms with Gasteiger partial charge in [-0.3, -0.25) is 0 Å². The van der Waals surface area contributed by atoms with Crippen LogP contribution < -0.4 is 4.90 Å². The Morgan fingerprint density at radius 3 is 2.16 bits per heavy atom. The second kappa shape index (κ2) is 7.05. The van der Waals surface area contributed by atoms with E-state index in [1.807, 2.05) is 20.8 Å². The molecule has 1 aliphatic heterocycles. The molecule has 0 aliphatic carbocycles. The Morgan fingerprint density at radius 2 is 1.72 bits per heavy atom. The van der Waals surface area contributed by atoms with Crippen LogP contribution >= 0.6 is 0 Å². The van der Waals surface area contributed by atoms with Crippen molar-refractivity contribution in [3.05, 3.63) is 18.0 Å². The highest BCUT2D eigenvalue weighted by atomic mass is 19.4. The van der Waals surface area contributed by atoms with Gasteiger partial charge in [0.05, 0.1) is 5.56 Å². The van der Waals surface area contributed by atoms with Crippen LogP contribution in [0.4, 0.5) is 23.9 Å². The average Bonchev–Trinajstić information content (AvgIpc) is 2.52. The quantitative estimate of drug-likeness (QED) is 0.810. The topological polar surface area (TPSA) is 58.6 Å². The van der Waals surface area contributed by atoms with Crippen LogP contribution in [0.5, 0.6) is 0 Å². The lowest BCUT2D eigenvalue weighted by Crippen LogP contribution is -2.47. The molecule has 1 saturated heterocycles. The number of piperidine rings is 1. The number of ether oxygens (including phenoxy) is 1. The summed E-state index contributed by atoms with van der Waals surface area (Å²) in [4.78, 5) is 23.1. The standard InChI is InChI=1S/C16H23F3N4O2/c1-15(2,3)25-14(24)23-7-5-12(6-8-23)22(4)13-20-9-11(10-21-13)16(17,18)19/h9-10,12H,5-8H2,1-4H3. The minimum absolute atomic E-state index is 0.0513. The van der Waals surface area contributed by atoms with Crippen molar-refractivity contribution in [2.24, 2.45) is 0 Å². The minimum Gasteiger partial charge on any atom is -0.444 e. The molecular weight excluding hydrogens is 337 g/mol. The predicted molar refractivity (Wildman–Crippen MR) is 86.3 cm³/mol. The van der Waals surface area contributed by atoms with Crippen molar-refractivity contribution in [1.82, 2.24) is 14.9 Å². The molecule has 1 amide bonds. The van der Waals surface area contributed by atoms with Gasteiger partial charge in [0.2, 0.25) is 5.95 Å². The van der Waals surface area contributed by atoms with E-state index in [9.17, 15) is 18.0 Å². The first-order chi connectivity index (χ1) is 11.5. The lowest BCUT2D eigenvalue weighted by atomic mass is 10.0. The highest BCUT2D eigenvalue weighted by Gasteiger charge is 2.32. The van der Waals surface area contributed by atoms with Crippen LogP contribution in [0, 0.1) is 0 Å². The number of rotatable bonds is 2. The first-order valence-corrected chi connectivity index (χ1v) is 8.07. The van der Waals surface area contributed by atoms with Gasteiger partial charge in [-0.15, -0.1) is 0 Å². The Kier molecular flexibility index (Phi) is 5.43. The minimum atomic E-state index is -4.45. The summed E-state index contributed by atoms with van der Waals surface area (Å²) < 4.78 is 43.1. The van der Waals surface area contributed by atoms with Crippen LogP contribution in [-0.2, 0) is 10.9 Å². The molecule has 0 unspecified atom stereocenters. The van der Waals surface area contributed by atoms with Crippen molar-refractivity contribution in [3.8, 4) is 0 Å². The number of aromatic nitrogens is 2. The number of nitrogens with zero attached hydrogens (tertiary/aromatic N) is 4. The van der Waals surface area contributed by atoms with Crippen LogP contribution in [-0.4, -0.2) is 52.7 Å². The largest absolute Gasteiger partial charge is 0.444 e. The first kappa shape index (κ1) is 19.3. The predicted octanol–water partition coefficient (Wildman–Crippen LogP) is 3.33. The van der Waals surface area contributed by atoms with Gasteiger partial charge in [0, 0.05) is 38.6 Å². The van der Waals surface area contributed by atoms with Crippen LogP contribution in [0.1, 0.15) is 39.2 Å². The third-order valence-corrected chi connectivity index (χ3v) is 3.94. The van der Waals surface area contributed by atoms with Crippen molar-refractivity contribution in [1.29, 1.82) is 0 Å². The number of hydrogen-bond donors (Lipinski definition) is 0. The molecular formula is C16H23F3N4O2. The molecule has 0 bridgehead atoms. The van der Waals surface area contributed by atoms with Crippen LogP contribution in [0.2, 0.25) is 0 Å². The Balaban J connectivity index is 1.93. The number of anilines is 1. The van der Waals surface area contributed by atoms with Gasteiger partial charge in [-0.2, -0.15) is 13.2 Å². The number of carbonyl (C=O) groups is 1. The fourth-order valence-electron chi connectivity index (χ4n) is 2.58. The van der Waals surface area contributed by atoms with Gasteiger partial charge in [-0.25, -0.2) is 14.8 Å². The monoisotopic (exact) mass is 360 g/mol. The Morgan fingerprint density at radius 1 is 1.20 bits per heavy atom. The third-order valence-electron chi connectivity index (χ3n) is 3.94. The third kappa shape index (κ3) is 5.20. The Labute approximate surface area is 145 Å². The lowest BCUT2D eigenvalue weighted by molar-refractivity contribution is -0.138. The molecule has 1 aromatic heterocycles. The second-order valence-electron chi connectivity index (χ2n) is 7.08. The van der Waals surface area contributed by atoms with Gasteiger partial charge < -0.3 is 14.5 Å².